The molecule has 0 amide bonds. The predicted octanol–water partition coefficient (Wildman–Crippen LogP) is 5.03. The first-order valence-electron chi connectivity index (χ1n) is 9.36. The molecule has 0 radical (unpaired) electrons. The molecular weight excluding hydrogens is 344 g/mol. The first kappa shape index (κ1) is 19.0. The van der Waals surface area contributed by atoms with Gasteiger partial charge in [0.2, 0.25) is 0 Å². The average Bonchev–Trinajstić information content (AvgIpc) is 2.69. The first-order valence-corrected chi connectivity index (χ1v) is 10.4. The molecule has 1 heterocycles. The molecule has 3 nitrogen and oxygen atoms in total. The van der Waals surface area contributed by atoms with Crippen LogP contribution in [-0.2, 0) is 20.1 Å². The van der Waals surface area contributed by atoms with Gasteiger partial charge in [0, 0.05) is 0 Å². The van der Waals surface area contributed by atoms with Gasteiger partial charge in [-0.2, -0.15) is 0 Å². The zero-order valence-corrected chi connectivity index (χ0v) is 16.3. The van der Waals surface area contributed by atoms with Crippen molar-refractivity contribution >= 4 is 16.9 Å². The van der Waals surface area contributed by atoms with Crippen LogP contribution in [0.1, 0.15) is 56.6 Å². The third kappa shape index (κ3) is 3.53. The van der Waals surface area contributed by atoms with E-state index >= 15 is 0 Å². The topological polar surface area (TPSA) is 43.4 Å². The lowest BCUT2D eigenvalue weighted by Crippen LogP contribution is -2.41. The standard InChI is InChI=1S/C22H26O3S/c1-3-5-15-22(4-2)16-25-26(24)19-14-10-9-13-18(19)20(21(22)23)17-11-7-6-8-12-17/h6-14,20H,3-5,15-16H2,1-2H3/t20-,22-,26?/m1/s1. The van der Waals surface area contributed by atoms with E-state index in [2.05, 4.69) is 6.92 Å². The van der Waals surface area contributed by atoms with Crippen molar-refractivity contribution in [3.8, 4) is 0 Å². The SMILES string of the molecule is CCCC[C@]1(CC)COS(=O)c2ccccc2[C@@H](c2ccccc2)C1=O. The summed E-state index contributed by atoms with van der Waals surface area (Å²) in [6.07, 6.45) is 3.43. The maximum Gasteiger partial charge on any atom is 0.189 e. The lowest BCUT2D eigenvalue weighted by atomic mass is 9.69. The molecule has 0 saturated heterocycles. The summed E-state index contributed by atoms with van der Waals surface area (Å²) in [6.45, 7) is 4.38. The molecule has 0 aromatic heterocycles. The van der Waals surface area contributed by atoms with Gasteiger partial charge in [0.15, 0.2) is 16.9 Å². The minimum Gasteiger partial charge on any atom is -0.298 e. The van der Waals surface area contributed by atoms with Crippen molar-refractivity contribution in [2.75, 3.05) is 6.61 Å². The molecule has 2 aromatic carbocycles. The number of benzene rings is 2. The Morgan fingerprint density at radius 3 is 2.46 bits per heavy atom. The summed E-state index contributed by atoms with van der Waals surface area (Å²) in [4.78, 5) is 14.5. The number of carbonyl (C=O) groups is 1. The highest BCUT2D eigenvalue weighted by atomic mass is 32.2. The summed E-state index contributed by atoms with van der Waals surface area (Å²) in [6, 6.07) is 17.3. The Hall–Kier alpha value is -1.78. The Morgan fingerprint density at radius 2 is 1.77 bits per heavy atom. The maximum atomic E-state index is 13.8. The fourth-order valence-corrected chi connectivity index (χ4v) is 4.79. The molecule has 4 heteroatoms. The number of rotatable bonds is 5. The van der Waals surface area contributed by atoms with E-state index < -0.39 is 22.4 Å². The van der Waals surface area contributed by atoms with Crippen molar-refractivity contribution in [3.05, 3.63) is 65.7 Å². The number of ketones is 1. The Bertz CT molecular complexity index is 787. The second-order valence-corrected chi connectivity index (χ2v) is 8.13. The summed E-state index contributed by atoms with van der Waals surface area (Å²) in [5, 5.41) is 0. The van der Waals surface area contributed by atoms with E-state index in [1.807, 2.05) is 55.5 Å². The fraction of sp³-hybridized carbons (Fsp3) is 0.409. The van der Waals surface area contributed by atoms with Gasteiger partial charge >= 0.3 is 0 Å². The predicted molar refractivity (Wildman–Crippen MR) is 104 cm³/mol. The number of unbranched alkanes of at least 4 members (excludes halogenated alkanes) is 1. The van der Waals surface area contributed by atoms with Crippen LogP contribution in [0.3, 0.4) is 0 Å². The van der Waals surface area contributed by atoms with Gasteiger partial charge < -0.3 is 0 Å². The molecule has 26 heavy (non-hydrogen) atoms. The van der Waals surface area contributed by atoms with Crippen molar-refractivity contribution in [3.63, 3.8) is 0 Å². The molecule has 0 fully saturated rings. The van der Waals surface area contributed by atoms with Crippen LogP contribution in [0.15, 0.2) is 59.5 Å². The van der Waals surface area contributed by atoms with Crippen LogP contribution in [0.4, 0.5) is 0 Å². The maximum absolute atomic E-state index is 13.8. The number of Topliss-reactive ketones (excluding diaryl/α,β-unsaturated/α-hetero) is 1. The van der Waals surface area contributed by atoms with E-state index in [0.717, 1.165) is 30.4 Å². The first-order chi connectivity index (χ1) is 12.6. The van der Waals surface area contributed by atoms with Gasteiger partial charge in [-0.05, 0) is 30.0 Å². The Morgan fingerprint density at radius 1 is 1.08 bits per heavy atom. The van der Waals surface area contributed by atoms with Gasteiger partial charge in [-0.15, -0.1) is 0 Å². The van der Waals surface area contributed by atoms with Gasteiger partial charge in [0.05, 0.1) is 22.8 Å². The van der Waals surface area contributed by atoms with Crippen molar-refractivity contribution in [1.29, 1.82) is 0 Å². The zero-order chi connectivity index (χ0) is 18.6. The van der Waals surface area contributed by atoms with Crippen molar-refractivity contribution in [2.24, 2.45) is 5.41 Å². The minimum atomic E-state index is -1.56. The summed E-state index contributed by atoms with van der Waals surface area (Å²) in [5.74, 6) is -0.221. The minimum absolute atomic E-state index is 0.184. The molecule has 0 bridgehead atoms. The molecule has 0 aliphatic carbocycles. The molecule has 1 unspecified atom stereocenters. The molecule has 138 valence electrons. The van der Waals surface area contributed by atoms with Crippen molar-refractivity contribution < 1.29 is 13.2 Å². The van der Waals surface area contributed by atoms with Crippen LogP contribution in [-0.4, -0.2) is 16.6 Å². The molecule has 1 aliphatic rings. The molecule has 3 rings (SSSR count). The van der Waals surface area contributed by atoms with E-state index in [1.165, 1.54) is 0 Å². The molecular formula is C22H26O3S. The average molecular weight is 371 g/mol. The number of hydrogen-bond donors (Lipinski definition) is 0. The van der Waals surface area contributed by atoms with Crippen molar-refractivity contribution in [1.82, 2.24) is 0 Å². The van der Waals surface area contributed by atoms with Gasteiger partial charge in [-0.25, -0.2) is 4.21 Å². The van der Waals surface area contributed by atoms with Gasteiger partial charge in [0.25, 0.3) is 0 Å². The zero-order valence-electron chi connectivity index (χ0n) is 15.4. The van der Waals surface area contributed by atoms with Crippen LogP contribution in [0.25, 0.3) is 0 Å². The van der Waals surface area contributed by atoms with Crippen LogP contribution in [0.5, 0.6) is 0 Å². The lowest BCUT2D eigenvalue weighted by Gasteiger charge is -2.36. The summed E-state index contributed by atoms with van der Waals surface area (Å²) in [5.41, 5.74) is 1.16. The van der Waals surface area contributed by atoms with Crippen LogP contribution < -0.4 is 0 Å². The van der Waals surface area contributed by atoms with Crippen LogP contribution >= 0.6 is 0 Å². The second-order valence-electron chi connectivity index (χ2n) is 6.98. The molecule has 2 aromatic rings. The number of carbonyl (C=O) groups excluding carboxylic acids is 1. The van der Waals surface area contributed by atoms with E-state index in [1.54, 1.807) is 6.07 Å². The highest BCUT2D eigenvalue weighted by Gasteiger charge is 2.44. The van der Waals surface area contributed by atoms with E-state index in [-0.39, 0.29) is 12.4 Å². The lowest BCUT2D eigenvalue weighted by molar-refractivity contribution is -0.132. The number of hydrogen-bond acceptors (Lipinski definition) is 3. The molecule has 3 atom stereocenters. The molecule has 0 spiro atoms. The van der Waals surface area contributed by atoms with E-state index in [0.29, 0.717) is 11.3 Å². The molecule has 1 aliphatic heterocycles. The molecule has 0 saturated carbocycles. The van der Waals surface area contributed by atoms with Gasteiger partial charge in [0.1, 0.15) is 0 Å². The van der Waals surface area contributed by atoms with Gasteiger partial charge in [-0.1, -0.05) is 75.2 Å². The highest BCUT2D eigenvalue weighted by Crippen LogP contribution is 2.43. The third-order valence-electron chi connectivity index (χ3n) is 5.46. The Kier molecular flexibility index (Phi) is 6.05. The Balaban J connectivity index is 2.18. The second kappa shape index (κ2) is 8.28. The summed E-state index contributed by atoms with van der Waals surface area (Å²) in [7, 11) is 0. The number of fused-ring (bicyclic) bond motifs is 1. The van der Waals surface area contributed by atoms with E-state index in [4.69, 9.17) is 4.18 Å². The van der Waals surface area contributed by atoms with Gasteiger partial charge in [-0.3, -0.25) is 8.98 Å². The monoisotopic (exact) mass is 370 g/mol. The summed E-state index contributed by atoms with van der Waals surface area (Å²) >= 11 is -1.56. The Labute approximate surface area is 158 Å². The quantitative estimate of drug-likeness (QED) is 0.741. The smallest absolute Gasteiger partial charge is 0.189 e. The van der Waals surface area contributed by atoms with Crippen LogP contribution in [0, 0.1) is 5.41 Å². The normalized spacial score (nSPS) is 26.0. The van der Waals surface area contributed by atoms with Crippen LogP contribution in [0.2, 0.25) is 0 Å². The summed E-state index contributed by atoms with van der Waals surface area (Å²) < 4.78 is 18.5. The fourth-order valence-electron chi connectivity index (χ4n) is 3.76. The highest BCUT2D eigenvalue weighted by molar-refractivity contribution is 7.80. The van der Waals surface area contributed by atoms with E-state index in [9.17, 15) is 9.00 Å². The third-order valence-corrected chi connectivity index (χ3v) is 6.52. The molecule has 0 N–H and O–H groups in total. The van der Waals surface area contributed by atoms with Crippen molar-refractivity contribution in [2.45, 2.75) is 50.3 Å². The largest absolute Gasteiger partial charge is 0.298 e.